The van der Waals surface area contributed by atoms with Gasteiger partial charge in [-0.3, -0.25) is 4.79 Å². The molecule has 5 heteroatoms. The molecule has 2 atom stereocenters. The Labute approximate surface area is 162 Å². The van der Waals surface area contributed by atoms with Crippen LogP contribution in [0.4, 0.5) is 10.1 Å². The van der Waals surface area contributed by atoms with E-state index >= 15 is 0 Å². The third-order valence-electron chi connectivity index (χ3n) is 5.06. The monoisotopic (exact) mass is 373 g/mol. The van der Waals surface area contributed by atoms with Gasteiger partial charge < -0.3 is 9.42 Å². The number of carbonyl (C=O) groups excluding carboxylic acids is 1. The number of hydrogen-bond acceptors (Lipinski definition) is 3. The number of carbonyl (C=O) groups is 1. The van der Waals surface area contributed by atoms with Gasteiger partial charge in [0.25, 0.3) is 0 Å². The number of fused-ring (bicyclic) bond motifs is 1. The van der Waals surface area contributed by atoms with E-state index in [4.69, 9.17) is 5.89 Å². The minimum Gasteiger partial charge on any atom is -0.356 e. The summed E-state index contributed by atoms with van der Waals surface area (Å²) in [6.45, 7) is 0. The number of rotatable bonds is 3. The molecule has 1 amide bonds. The highest BCUT2D eigenvalue weighted by Gasteiger charge is 2.33. The van der Waals surface area contributed by atoms with Crippen molar-refractivity contribution in [3.05, 3.63) is 84.2 Å². The van der Waals surface area contributed by atoms with Crippen molar-refractivity contribution in [1.82, 2.24) is 5.16 Å². The summed E-state index contributed by atoms with van der Waals surface area (Å²) in [5.74, 6) is -0.398. The van der Waals surface area contributed by atoms with E-state index < -0.39 is 6.40 Å². The van der Waals surface area contributed by atoms with Crippen LogP contribution in [0, 0.1) is 5.82 Å². The first-order valence-corrected chi connectivity index (χ1v) is 9.06. The van der Waals surface area contributed by atoms with Crippen LogP contribution in [0.1, 0.15) is 25.8 Å². The van der Waals surface area contributed by atoms with Crippen LogP contribution in [0.25, 0.3) is 22.2 Å². The molecule has 3 aromatic carbocycles. The van der Waals surface area contributed by atoms with E-state index in [2.05, 4.69) is 5.16 Å². The minimum atomic E-state index is -0.537. The molecule has 0 bridgehead atoms. The lowest BCUT2D eigenvalue weighted by molar-refractivity contribution is -0.117. The summed E-state index contributed by atoms with van der Waals surface area (Å²) in [5, 5.41) is 4.92. The van der Waals surface area contributed by atoms with Crippen molar-refractivity contribution in [2.45, 2.75) is 18.9 Å². The van der Waals surface area contributed by atoms with Crippen LogP contribution in [0.2, 0.25) is 0 Å². The molecule has 4 nitrogen and oxygen atoms in total. The highest BCUT2D eigenvalue weighted by atomic mass is 19.1. The van der Waals surface area contributed by atoms with Crippen molar-refractivity contribution in [2.75, 3.05) is 4.90 Å². The molecular formula is C23H17FN2O2. The zero-order chi connectivity index (χ0) is 20.0. The van der Waals surface area contributed by atoms with E-state index in [0.717, 1.165) is 16.5 Å². The van der Waals surface area contributed by atoms with Gasteiger partial charge in [0.1, 0.15) is 11.5 Å². The van der Waals surface area contributed by atoms with E-state index in [-0.39, 0.29) is 24.2 Å². The number of halogens is 1. The predicted octanol–water partition coefficient (Wildman–Crippen LogP) is 5.50. The van der Waals surface area contributed by atoms with E-state index in [9.17, 15) is 9.18 Å². The van der Waals surface area contributed by atoms with E-state index in [0.29, 0.717) is 17.0 Å². The smallest absolute Gasteiger partial charge is 0.227 e. The molecule has 0 aliphatic carbocycles. The predicted molar refractivity (Wildman–Crippen MR) is 105 cm³/mol. The zero-order valence-electron chi connectivity index (χ0n) is 15.9. The highest BCUT2D eigenvalue weighted by Crippen LogP contribution is 2.39. The van der Waals surface area contributed by atoms with E-state index in [1.54, 1.807) is 23.1 Å². The van der Waals surface area contributed by atoms with Gasteiger partial charge in [-0.15, -0.1) is 0 Å². The quantitative estimate of drug-likeness (QED) is 0.476. The number of anilines is 1. The van der Waals surface area contributed by atoms with Crippen molar-refractivity contribution in [1.29, 1.82) is 0 Å². The molecule has 1 aliphatic rings. The maximum Gasteiger partial charge on any atom is 0.227 e. The molecule has 28 heavy (non-hydrogen) atoms. The van der Waals surface area contributed by atoms with Crippen LogP contribution in [0.5, 0.6) is 0 Å². The Morgan fingerprint density at radius 1 is 1.07 bits per heavy atom. The van der Waals surface area contributed by atoms with Crippen LogP contribution < -0.4 is 4.90 Å². The first-order chi connectivity index (χ1) is 14.1. The maximum atomic E-state index is 13.2. The third-order valence-corrected chi connectivity index (χ3v) is 5.06. The zero-order valence-corrected chi connectivity index (χ0v) is 14.9. The summed E-state index contributed by atoms with van der Waals surface area (Å²) < 4.78 is 27.1. The Bertz CT molecular complexity index is 1190. The van der Waals surface area contributed by atoms with Gasteiger partial charge in [0.2, 0.25) is 5.91 Å². The topological polar surface area (TPSA) is 46.3 Å². The molecule has 2 unspecified atom stereocenters. The highest BCUT2D eigenvalue weighted by molar-refractivity contribution is 6.00. The molecule has 0 radical (unpaired) electrons. The van der Waals surface area contributed by atoms with Gasteiger partial charge in [-0.25, -0.2) is 4.39 Å². The second kappa shape index (κ2) is 6.60. The van der Waals surface area contributed by atoms with Gasteiger partial charge in [0.15, 0.2) is 5.58 Å². The Hall–Kier alpha value is -3.47. The third kappa shape index (κ3) is 2.76. The molecule has 138 valence electrons. The van der Waals surface area contributed by atoms with Crippen LogP contribution >= 0.6 is 0 Å². The van der Waals surface area contributed by atoms with Gasteiger partial charge in [0.05, 0.1) is 6.04 Å². The van der Waals surface area contributed by atoms with Crippen molar-refractivity contribution in [3.63, 3.8) is 0 Å². The van der Waals surface area contributed by atoms with Crippen LogP contribution in [-0.4, -0.2) is 11.1 Å². The molecule has 1 saturated heterocycles. The second-order valence-corrected chi connectivity index (χ2v) is 6.78. The van der Waals surface area contributed by atoms with E-state index in [1.165, 1.54) is 12.1 Å². The normalized spacial score (nSPS) is 20.0. The van der Waals surface area contributed by atoms with Crippen molar-refractivity contribution in [3.8, 4) is 11.3 Å². The van der Waals surface area contributed by atoms with Crippen molar-refractivity contribution < 1.29 is 15.1 Å². The number of benzene rings is 3. The molecule has 1 fully saturated rings. The fourth-order valence-corrected chi connectivity index (χ4v) is 3.70. The molecule has 0 saturated carbocycles. The Morgan fingerprint density at radius 3 is 2.64 bits per heavy atom. The molecule has 1 aromatic heterocycles. The number of hydrogen-bond donors (Lipinski definition) is 0. The average molecular weight is 373 g/mol. The summed E-state index contributed by atoms with van der Waals surface area (Å²) in [5.41, 5.74) is 3.52. The van der Waals surface area contributed by atoms with Gasteiger partial charge in [-0.05, 0) is 48.4 Å². The fourth-order valence-electron chi connectivity index (χ4n) is 3.70. The lowest BCUT2D eigenvalue weighted by atomic mass is 10.0. The number of aromatic nitrogens is 1. The Kier molecular flexibility index (Phi) is 3.67. The maximum absolute atomic E-state index is 13.2. The van der Waals surface area contributed by atoms with Gasteiger partial charge in [-0.2, -0.15) is 0 Å². The summed E-state index contributed by atoms with van der Waals surface area (Å²) in [6, 6.07) is 20.8. The van der Waals surface area contributed by atoms with Crippen LogP contribution in [0.15, 0.2) is 77.3 Å². The number of nitrogens with zero attached hydrogens (tertiary/aromatic N) is 2. The lowest BCUT2D eigenvalue weighted by Gasteiger charge is -2.25. The molecular weight excluding hydrogens is 355 g/mol. The molecule has 2 heterocycles. The molecule has 5 rings (SSSR count). The largest absolute Gasteiger partial charge is 0.356 e. The van der Waals surface area contributed by atoms with Gasteiger partial charge in [0, 0.05) is 30.5 Å². The fraction of sp³-hybridized carbons (Fsp3) is 0.130. The molecule has 0 spiro atoms. The Morgan fingerprint density at radius 2 is 1.86 bits per heavy atom. The summed E-state index contributed by atoms with van der Waals surface area (Å²) in [7, 11) is 0. The summed E-state index contributed by atoms with van der Waals surface area (Å²) in [6.07, 6.45) is -0.362. The van der Waals surface area contributed by atoms with Crippen molar-refractivity contribution >= 4 is 22.6 Å². The summed E-state index contributed by atoms with van der Waals surface area (Å²) in [4.78, 5) is 14.4. The van der Waals surface area contributed by atoms with Gasteiger partial charge in [-0.1, -0.05) is 35.5 Å². The standard InChI is InChI=1S/C23H17FN2O2/c24-17-8-6-16(7-9-17)23-19-11-10-18(14-21(19)28-25-23)26-20(12-13-22(26)27)15-4-2-1-3-5-15/h1-11,14,20H,12-13H2/i12D. The Balaban J connectivity index is 1.56. The number of amides is 1. The average Bonchev–Trinajstić information content (AvgIpc) is 3.28. The van der Waals surface area contributed by atoms with Crippen LogP contribution in [0.3, 0.4) is 0 Å². The van der Waals surface area contributed by atoms with E-state index in [1.807, 2.05) is 42.5 Å². The van der Waals surface area contributed by atoms with Crippen LogP contribution in [-0.2, 0) is 4.79 Å². The minimum absolute atomic E-state index is 0.0866. The SMILES string of the molecule is [2H]C1CC(=O)N(c2ccc3c(-c4ccc(F)cc4)noc3c2)C1c1ccccc1. The first-order valence-electron chi connectivity index (χ1n) is 9.64. The lowest BCUT2D eigenvalue weighted by Crippen LogP contribution is -2.27. The molecule has 1 aliphatic heterocycles. The second-order valence-electron chi connectivity index (χ2n) is 6.78. The molecule has 0 N–H and O–H groups in total. The van der Waals surface area contributed by atoms with Gasteiger partial charge >= 0.3 is 0 Å². The first kappa shape index (κ1) is 15.6. The summed E-state index contributed by atoms with van der Waals surface area (Å²) >= 11 is 0. The van der Waals surface area contributed by atoms with Crippen molar-refractivity contribution in [2.24, 2.45) is 0 Å². The molecule has 4 aromatic rings.